The molecule has 2 atom stereocenters. The lowest BCUT2D eigenvalue weighted by atomic mass is 9.64. The number of nitrogens with one attached hydrogen (secondary N) is 1. The van der Waals surface area contributed by atoms with Gasteiger partial charge in [-0.15, -0.1) is 10.2 Å². The van der Waals surface area contributed by atoms with Crippen LogP contribution in [0.4, 0.5) is 5.13 Å². The number of ether oxygens (including phenoxy) is 1. The first-order valence-electron chi connectivity index (χ1n) is 7.14. The summed E-state index contributed by atoms with van der Waals surface area (Å²) in [6, 6.07) is 0.433. The number of hydrogen-bond donors (Lipinski definition) is 1. The molecule has 19 heavy (non-hydrogen) atoms. The minimum Gasteiger partial charge on any atom is -0.377 e. The van der Waals surface area contributed by atoms with Crippen molar-refractivity contribution in [2.24, 2.45) is 11.3 Å². The zero-order valence-corrected chi connectivity index (χ0v) is 13.4. The molecule has 2 rings (SSSR count). The van der Waals surface area contributed by atoms with Crippen molar-refractivity contribution < 1.29 is 4.74 Å². The third-order valence-electron chi connectivity index (χ3n) is 3.88. The van der Waals surface area contributed by atoms with Crippen molar-refractivity contribution in [2.45, 2.75) is 59.6 Å². The van der Waals surface area contributed by atoms with E-state index in [4.69, 9.17) is 4.74 Å². The van der Waals surface area contributed by atoms with Gasteiger partial charge in [0.15, 0.2) is 0 Å². The highest BCUT2D eigenvalue weighted by Crippen LogP contribution is 2.44. The van der Waals surface area contributed by atoms with E-state index in [0.29, 0.717) is 18.1 Å². The fourth-order valence-electron chi connectivity index (χ4n) is 2.33. The second-order valence-electron chi connectivity index (χ2n) is 6.32. The second-order valence-corrected chi connectivity index (χ2v) is 7.39. The third-order valence-corrected chi connectivity index (χ3v) is 4.87. The van der Waals surface area contributed by atoms with Crippen molar-refractivity contribution in [1.82, 2.24) is 10.2 Å². The Balaban J connectivity index is 1.86. The number of nitrogens with zero attached hydrogens (tertiary/aromatic N) is 2. The Kier molecular flexibility index (Phi) is 4.46. The molecule has 0 amide bonds. The molecule has 1 saturated carbocycles. The molecule has 1 heterocycles. The maximum atomic E-state index is 5.98. The van der Waals surface area contributed by atoms with Gasteiger partial charge in [-0.05, 0) is 18.8 Å². The van der Waals surface area contributed by atoms with Crippen molar-refractivity contribution in [2.75, 3.05) is 11.9 Å². The summed E-state index contributed by atoms with van der Waals surface area (Å²) in [6.07, 6.45) is 2.36. The van der Waals surface area contributed by atoms with Crippen LogP contribution in [0.15, 0.2) is 0 Å². The lowest BCUT2D eigenvalue weighted by molar-refractivity contribution is -0.108. The fourth-order valence-corrected chi connectivity index (χ4v) is 3.06. The first-order chi connectivity index (χ1) is 8.93. The van der Waals surface area contributed by atoms with Crippen molar-refractivity contribution in [3.05, 3.63) is 5.01 Å². The summed E-state index contributed by atoms with van der Waals surface area (Å²) in [7, 11) is 0. The largest absolute Gasteiger partial charge is 0.377 e. The quantitative estimate of drug-likeness (QED) is 0.869. The molecule has 0 aromatic carbocycles. The zero-order valence-electron chi connectivity index (χ0n) is 12.6. The van der Waals surface area contributed by atoms with Gasteiger partial charge in [-0.3, -0.25) is 0 Å². The lowest BCUT2D eigenvalue weighted by Gasteiger charge is -2.51. The minimum atomic E-state index is 0.160. The van der Waals surface area contributed by atoms with E-state index in [1.807, 2.05) is 0 Å². The Morgan fingerprint density at radius 1 is 1.42 bits per heavy atom. The van der Waals surface area contributed by atoms with Crippen molar-refractivity contribution in [3.63, 3.8) is 0 Å². The number of anilines is 1. The average molecular weight is 283 g/mol. The standard InChI is InChI=1S/C14H25N3OS/c1-6-12-16-17-13(19-12)15-10-7-11(14(10,4)5)18-8-9(2)3/h9-11H,6-8H2,1-5H3,(H,15,17). The Labute approximate surface area is 120 Å². The van der Waals surface area contributed by atoms with E-state index in [1.165, 1.54) is 0 Å². The van der Waals surface area contributed by atoms with Crippen LogP contribution in [-0.4, -0.2) is 29.0 Å². The minimum absolute atomic E-state index is 0.160. The van der Waals surface area contributed by atoms with Crippen molar-refractivity contribution >= 4 is 16.5 Å². The molecule has 2 unspecified atom stereocenters. The molecule has 1 aliphatic rings. The molecule has 0 radical (unpaired) electrons. The van der Waals surface area contributed by atoms with Gasteiger partial charge >= 0.3 is 0 Å². The van der Waals surface area contributed by atoms with Gasteiger partial charge in [0.2, 0.25) is 5.13 Å². The van der Waals surface area contributed by atoms with Crippen molar-refractivity contribution in [3.8, 4) is 0 Å². The van der Waals surface area contributed by atoms with Crippen LogP contribution in [0.2, 0.25) is 0 Å². The molecule has 0 saturated heterocycles. The van der Waals surface area contributed by atoms with Crippen LogP contribution in [0.1, 0.15) is 46.0 Å². The summed E-state index contributed by atoms with van der Waals surface area (Å²) in [4.78, 5) is 0. The molecule has 1 fully saturated rings. The van der Waals surface area contributed by atoms with Crippen LogP contribution >= 0.6 is 11.3 Å². The number of hydrogen-bond acceptors (Lipinski definition) is 5. The summed E-state index contributed by atoms with van der Waals surface area (Å²) in [5.74, 6) is 0.595. The number of rotatable bonds is 6. The second kappa shape index (κ2) is 5.75. The van der Waals surface area contributed by atoms with Crippen LogP contribution in [0.5, 0.6) is 0 Å². The molecule has 0 bridgehead atoms. The number of aryl methyl sites for hydroxylation is 1. The Hall–Kier alpha value is -0.680. The van der Waals surface area contributed by atoms with Crippen molar-refractivity contribution in [1.29, 1.82) is 0 Å². The molecule has 1 aliphatic carbocycles. The van der Waals surface area contributed by atoms with Gasteiger partial charge in [-0.2, -0.15) is 0 Å². The summed E-state index contributed by atoms with van der Waals surface area (Å²) in [5.41, 5.74) is 0.160. The van der Waals surface area contributed by atoms with Gasteiger partial charge in [0.05, 0.1) is 6.10 Å². The molecule has 0 spiro atoms. The monoisotopic (exact) mass is 283 g/mol. The van der Waals surface area contributed by atoms with Crippen LogP contribution in [0.3, 0.4) is 0 Å². The van der Waals surface area contributed by atoms with Gasteiger partial charge in [0, 0.05) is 18.1 Å². The Morgan fingerprint density at radius 3 is 2.68 bits per heavy atom. The molecule has 4 nitrogen and oxygen atoms in total. The normalized spacial score (nSPS) is 25.4. The van der Waals surface area contributed by atoms with Crippen LogP contribution < -0.4 is 5.32 Å². The van der Waals surface area contributed by atoms with Crippen LogP contribution in [-0.2, 0) is 11.2 Å². The molecule has 0 aliphatic heterocycles. The van der Waals surface area contributed by atoms with Gasteiger partial charge < -0.3 is 10.1 Å². The predicted molar refractivity (Wildman–Crippen MR) is 79.7 cm³/mol. The third kappa shape index (κ3) is 3.26. The first-order valence-corrected chi connectivity index (χ1v) is 7.95. The van der Waals surface area contributed by atoms with E-state index >= 15 is 0 Å². The first kappa shape index (κ1) is 14.7. The highest BCUT2D eigenvalue weighted by atomic mass is 32.1. The summed E-state index contributed by atoms with van der Waals surface area (Å²) >= 11 is 1.66. The molecular formula is C14H25N3OS. The van der Waals surface area contributed by atoms with E-state index in [9.17, 15) is 0 Å². The molecule has 1 aromatic heterocycles. The van der Waals surface area contributed by atoms with Gasteiger partial charge in [0.25, 0.3) is 0 Å². The summed E-state index contributed by atoms with van der Waals surface area (Å²) in [6.45, 7) is 11.9. The maximum absolute atomic E-state index is 5.98. The van der Waals surface area contributed by atoms with E-state index in [2.05, 4.69) is 50.1 Å². The van der Waals surface area contributed by atoms with E-state index in [0.717, 1.165) is 29.6 Å². The van der Waals surface area contributed by atoms with Crippen LogP contribution in [0, 0.1) is 11.3 Å². The Morgan fingerprint density at radius 2 is 2.16 bits per heavy atom. The summed E-state index contributed by atoms with van der Waals surface area (Å²) in [5, 5.41) is 13.9. The molecule has 5 heteroatoms. The van der Waals surface area contributed by atoms with E-state index in [-0.39, 0.29) is 5.41 Å². The molecule has 108 valence electrons. The molecule has 1 N–H and O–H groups in total. The number of aromatic nitrogens is 2. The maximum Gasteiger partial charge on any atom is 0.205 e. The molecule has 1 aromatic rings. The topological polar surface area (TPSA) is 47.0 Å². The van der Waals surface area contributed by atoms with Crippen LogP contribution in [0.25, 0.3) is 0 Å². The molecular weight excluding hydrogens is 258 g/mol. The summed E-state index contributed by atoms with van der Waals surface area (Å²) < 4.78 is 5.98. The SMILES string of the molecule is CCc1nnc(NC2CC(OCC(C)C)C2(C)C)s1. The smallest absolute Gasteiger partial charge is 0.205 e. The van der Waals surface area contributed by atoms with Gasteiger partial charge in [-0.25, -0.2) is 0 Å². The van der Waals surface area contributed by atoms with Gasteiger partial charge in [-0.1, -0.05) is 46.0 Å². The Bertz CT molecular complexity index is 417. The van der Waals surface area contributed by atoms with E-state index in [1.54, 1.807) is 11.3 Å². The zero-order chi connectivity index (χ0) is 14.0. The average Bonchev–Trinajstić information content (AvgIpc) is 2.80. The predicted octanol–water partition coefficient (Wildman–Crippen LogP) is 3.35. The lowest BCUT2D eigenvalue weighted by Crippen LogP contribution is -2.58. The van der Waals surface area contributed by atoms with E-state index < -0.39 is 0 Å². The van der Waals surface area contributed by atoms with Gasteiger partial charge in [0.1, 0.15) is 5.01 Å². The highest BCUT2D eigenvalue weighted by Gasteiger charge is 2.49. The fraction of sp³-hybridized carbons (Fsp3) is 0.857. The highest BCUT2D eigenvalue weighted by molar-refractivity contribution is 7.15.